The summed E-state index contributed by atoms with van der Waals surface area (Å²) >= 11 is 0. The number of rotatable bonds is 0. The molecule has 4 heavy (non-hydrogen) atoms. The van der Waals surface area contributed by atoms with Gasteiger partial charge in [0.25, 0.3) is 0 Å². The van der Waals surface area contributed by atoms with E-state index in [1.54, 1.807) is 0 Å². The van der Waals surface area contributed by atoms with Gasteiger partial charge in [0, 0.05) is 0 Å². The van der Waals surface area contributed by atoms with Crippen molar-refractivity contribution >= 4 is 31.7 Å². The molecule has 0 aromatic heterocycles. The second-order valence-electron chi connectivity index (χ2n) is 0.463. The van der Waals surface area contributed by atoms with E-state index in [-0.39, 0.29) is 0 Å². The van der Waals surface area contributed by atoms with Crippen molar-refractivity contribution in [3.8, 4) is 0 Å². The van der Waals surface area contributed by atoms with E-state index in [9.17, 15) is 0 Å². The van der Waals surface area contributed by atoms with Crippen LogP contribution in [-0.2, 0) is 0 Å². The molecule has 0 rings (SSSR count). The van der Waals surface area contributed by atoms with E-state index in [1.807, 2.05) is 0 Å². The largest absolute Gasteiger partial charge is 0.148 e. The van der Waals surface area contributed by atoms with Gasteiger partial charge in [-0.3, -0.25) is 0 Å². The number of halogens is 1. The van der Waals surface area contributed by atoms with Crippen molar-refractivity contribution in [3.63, 3.8) is 0 Å². The maximum Gasteiger partial charge on any atom is -0.0619 e. The fourth-order valence-electron chi connectivity index (χ4n) is 0. The molecule has 0 spiro atoms. The van der Waals surface area contributed by atoms with Crippen molar-refractivity contribution in [2.45, 2.75) is 0 Å². The van der Waals surface area contributed by atoms with E-state index in [1.165, 1.54) is 0 Å². The summed E-state index contributed by atoms with van der Waals surface area (Å²) in [5.74, 6) is 6.72. The smallest absolute Gasteiger partial charge is 0.0619 e. The summed E-state index contributed by atoms with van der Waals surface area (Å²) in [5.41, 5.74) is 0. The van der Waals surface area contributed by atoms with Crippen LogP contribution in [0.3, 0.4) is 0 Å². The topological polar surface area (TPSA) is 0 Å². The molecule has 0 N–H and O–H groups in total. The Kier molecular flexibility index (Phi) is 1.84. The number of thiol groups is 1. The first kappa shape index (κ1) is 4.38. The van der Waals surface area contributed by atoms with Crippen LogP contribution in [0.25, 0.3) is 0 Å². The summed E-state index contributed by atoms with van der Waals surface area (Å²) in [6.45, 7) is 0. The van der Waals surface area contributed by atoms with Crippen LogP contribution in [0.1, 0.15) is 0 Å². The quantitative estimate of drug-likeness (QED) is 0.338. The minimum absolute atomic E-state index is 0.648. The first-order chi connectivity index (χ1) is 1.73. The van der Waals surface area contributed by atoms with Crippen LogP contribution in [0, 0.1) is 0 Å². The fourth-order valence-corrected chi connectivity index (χ4v) is 0. The molecule has 26 valence electrons. The van der Waals surface area contributed by atoms with Crippen LogP contribution in [0.4, 0.5) is 0 Å². The normalized spacial score (nSPS) is 8.50. The van der Waals surface area contributed by atoms with Gasteiger partial charge in [-0.25, -0.2) is 0 Å². The molecule has 0 unspecified atom stereocenters. The van der Waals surface area contributed by atoms with Crippen molar-refractivity contribution in [1.82, 2.24) is 0 Å². The summed E-state index contributed by atoms with van der Waals surface area (Å²) in [6, 6.07) is 0. The summed E-state index contributed by atoms with van der Waals surface area (Å²) in [4.78, 5) is 0. The lowest BCUT2D eigenvalue weighted by Crippen LogP contribution is -1.11. The van der Waals surface area contributed by atoms with Gasteiger partial charge in [-0.1, -0.05) is 22.4 Å². The Hall–Kier alpha value is 0.380. The summed E-state index contributed by atoms with van der Waals surface area (Å²) in [5, 5.41) is 0. The monoisotopic (exact) mass is 96.0 g/mol. The summed E-state index contributed by atoms with van der Waals surface area (Å²) in [7, 11) is 4.47. The van der Waals surface area contributed by atoms with E-state index >= 15 is 0 Å². The second kappa shape index (κ2) is 1.68. The molecule has 0 bridgehead atoms. The van der Waals surface area contributed by atoms with Crippen LogP contribution < -0.4 is 0 Å². The minimum Gasteiger partial charge on any atom is -0.148 e. The highest BCUT2D eigenvalue weighted by molar-refractivity contribution is 8.30. The molecule has 0 saturated heterocycles. The maximum atomic E-state index is 5.12. The van der Waals surface area contributed by atoms with Crippen molar-refractivity contribution in [3.05, 3.63) is 0 Å². The third-order valence-corrected chi connectivity index (χ3v) is 0. The molecule has 0 amide bonds. The molecular weight excluding hydrogens is 91.5 g/mol. The Labute approximate surface area is 32.4 Å². The van der Waals surface area contributed by atoms with Crippen molar-refractivity contribution in [2.75, 3.05) is 0 Å². The highest BCUT2D eigenvalue weighted by Crippen LogP contribution is 1.92. The van der Waals surface area contributed by atoms with Crippen LogP contribution in [0.5, 0.6) is 0 Å². The minimum atomic E-state index is -0.648. The van der Waals surface area contributed by atoms with Gasteiger partial charge in [0.15, 0.2) is 0 Å². The summed E-state index contributed by atoms with van der Waals surface area (Å²) in [6.07, 6.45) is 0. The fraction of sp³-hybridized carbons (Fsp3) is 0. The van der Waals surface area contributed by atoms with Gasteiger partial charge in [-0.15, -0.1) is 9.29 Å². The van der Waals surface area contributed by atoms with Gasteiger partial charge in [0.2, 0.25) is 0 Å². The zero-order valence-corrected chi connectivity index (χ0v) is 3.89. The molecule has 0 heterocycles. The molecule has 0 aliphatic carbocycles. The van der Waals surface area contributed by atoms with E-state index < -0.39 is 9.29 Å². The molecular formula is C2H5ClS. The molecule has 0 aliphatic rings. The Bertz CT molecular complexity index is 54.4. The molecule has 2 heteroatoms. The molecule has 0 nitrogen and oxygen atoms in total. The lowest BCUT2D eigenvalue weighted by molar-refractivity contribution is 4.56. The zero-order valence-electron chi connectivity index (χ0n) is 2.24. The standard InChI is InChI=1S/C2H5ClS/c1-4(2)3/h4H,1-2H2. The van der Waals surface area contributed by atoms with Gasteiger partial charge in [0.1, 0.15) is 0 Å². The Morgan fingerprint density at radius 2 is 1.50 bits per heavy atom. The van der Waals surface area contributed by atoms with Crippen LogP contribution >= 0.6 is 20.0 Å². The highest BCUT2D eigenvalue weighted by atomic mass is 35.7. The van der Waals surface area contributed by atoms with E-state index in [2.05, 4.69) is 11.7 Å². The molecule has 0 aromatic carbocycles. The average Bonchev–Trinajstić information content (AvgIpc) is 0.811. The molecule has 0 fully saturated rings. The highest BCUT2D eigenvalue weighted by Gasteiger charge is 1.31. The predicted octanol–water partition coefficient (Wildman–Crippen LogP) is 1.01. The first-order valence-electron chi connectivity index (χ1n) is 0.801. The van der Waals surface area contributed by atoms with E-state index in [0.29, 0.717) is 0 Å². The molecule has 0 saturated carbocycles. The van der Waals surface area contributed by atoms with E-state index in [4.69, 9.17) is 10.7 Å². The number of hydrogen-bond donors (Lipinski definition) is 1. The SMILES string of the molecule is C=[SH](=C)Cl. The van der Waals surface area contributed by atoms with Gasteiger partial charge < -0.3 is 0 Å². The third kappa shape index (κ3) is 31.4. The lowest BCUT2D eigenvalue weighted by atomic mass is 12.0. The Morgan fingerprint density at radius 1 is 1.50 bits per heavy atom. The molecule has 0 aromatic rings. The molecule has 0 radical (unpaired) electrons. The van der Waals surface area contributed by atoms with Crippen LogP contribution in [-0.4, -0.2) is 11.7 Å². The second-order valence-corrected chi connectivity index (χ2v) is 2.82. The van der Waals surface area contributed by atoms with Gasteiger partial charge in [0.05, 0.1) is 0 Å². The van der Waals surface area contributed by atoms with Gasteiger partial charge in [-0.2, -0.15) is 0 Å². The van der Waals surface area contributed by atoms with Crippen molar-refractivity contribution in [1.29, 1.82) is 0 Å². The van der Waals surface area contributed by atoms with Crippen LogP contribution in [0.15, 0.2) is 0 Å². The average molecular weight is 96.6 g/mol. The first-order valence-corrected chi connectivity index (χ1v) is 3.42. The van der Waals surface area contributed by atoms with Gasteiger partial charge >= 0.3 is 0 Å². The van der Waals surface area contributed by atoms with Crippen molar-refractivity contribution < 1.29 is 0 Å². The Morgan fingerprint density at radius 3 is 1.50 bits per heavy atom. The summed E-state index contributed by atoms with van der Waals surface area (Å²) < 4.78 is 0. The van der Waals surface area contributed by atoms with Crippen LogP contribution in [0.2, 0.25) is 0 Å². The maximum absolute atomic E-state index is 5.12. The lowest BCUT2D eigenvalue weighted by Gasteiger charge is -1.52. The Balaban J connectivity index is 3.51. The third-order valence-electron chi connectivity index (χ3n) is 0. The number of hydrogen-bond acceptors (Lipinski definition) is 0. The van der Waals surface area contributed by atoms with Crippen molar-refractivity contribution in [2.24, 2.45) is 0 Å². The van der Waals surface area contributed by atoms with E-state index in [0.717, 1.165) is 0 Å². The molecule has 0 atom stereocenters. The van der Waals surface area contributed by atoms with Gasteiger partial charge in [-0.05, 0) is 0 Å². The zero-order chi connectivity index (χ0) is 3.58. The predicted molar refractivity (Wildman–Crippen MR) is 29.1 cm³/mol. The molecule has 0 aliphatic heterocycles.